The van der Waals surface area contributed by atoms with Gasteiger partial charge in [0, 0.05) is 24.4 Å². The fraction of sp³-hybridized carbons (Fsp3) is 0.294. The van der Waals surface area contributed by atoms with Crippen molar-refractivity contribution in [2.75, 3.05) is 13.2 Å². The second-order valence-electron chi connectivity index (χ2n) is 5.77. The highest BCUT2D eigenvalue weighted by Crippen LogP contribution is 2.28. The molecule has 136 valence electrons. The third kappa shape index (κ3) is 3.42. The van der Waals surface area contributed by atoms with Gasteiger partial charge in [-0.1, -0.05) is 0 Å². The summed E-state index contributed by atoms with van der Waals surface area (Å²) >= 11 is 0. The predicted octanol–water partition coefficient (Wildman–Crippen LogP) is -0.116. The van der Waals surface area contributed by atoms with Gasteiger partial charge in [0.1, 0.15) is 17.9 Å². The molecule has 9 nitrogen and oxygen atoms in total. The van der Waals surface area contributed by atoms with E-state index in [1.165, 1.54) is 4.57 Å². The van der Waals surface area contributed by atoms with Crippen molar-refractivity contribution in [3.63, 3.8) is 0 Å². The number of fused-ring (bicyclic) bond motifs is 1. The molecule has 2 aromatic rings. The van der Waals surface area contributed by atoms with E-state index in [1.54, 1.807) is 24.5 Å². The Morgan fingerprint density at radius 3 is 2.73 bits per heavy atom. The average Bonchev–Trinajstić information content (AvgIpc) is 2.64. The van der Waals surface area contributed by atoms with Gasteiger partial charge in [-0.25, -0.2) is 0 Å². The standard InChI is InChI=1S/C17H17N3O6/c21-13(22)7-19-16(24)14-15(23)11-3-6-26-9-12(11)20(17(14)25)8-10-1-4-18-5-2-10/h1-2,4-5,23H,3,6-9H2,(H,19,24)(H,21,22). The number of aromatic hydroxyl groups is 1. The average molecular weight is 359 g/mol. The van der Waals surface area contributed by atoms with Gasteiger partial charge in [0.15, 0.2) is 0 Å². The van der Waals surface area contributed by atoms with E-state index >= 15 is 0 Å². The van der Waals surface area contributed by atoms with Crippen LogP contribution < -0.4 is 10.9 Å². The van der Waals surface area contributed by atoms with E-state index in [0.29, 0.717) is 24.3 Å². The molecule has 1 aliphatic heterocycles. The Morgan fingerprint density at radius 1 is 1.31 bits per heavy atom. The molecular weight excluding hydrogens is 342 g/mol. The van der Waals surface area contributed by atoms with Crippen LogP contribution >= 0.6 is 0 Å². The van der Waals surface area contributed by atoms with Crippen LogP contribution in [0.15, 0.2) is 29.3 Å². The SMILES string of the molecule is O=C(O)CNC(=O)c1c(O)c2c(n(Cc3ccncc3)c1=O)COCC2. The molecule has 0 saturated heterocycles. The quantitative estimate of drug-likeness (QED) is 0.678. The van der Waals surface area contributed by atoms with Gasteiger partial charge >= 0.3 is 5.97 Å². The third-order valence-electron chi connectivity index (χ3n) is 4.11. The summed E-state index contributed by atoms with van der Waals surface area (Å²) in [6.45, 7) is 0.0131. The molecule has 9 heteroatoms. The Bertz CT molecular complexity index is 907. The number of carboxylic acids is 1. The van der Waals surface area contributed by atoms with Crippen LogP contribution in [-0.2, 0) is 29.1 Å². The summed E-state index contributed by atoms with van der Waals surface area (Å²) in [5, 5.41) is 21.3. The van der Waals surface area contributed by atoms with E-state index in [1.807, 2.05) is 0 Å². The summed E-state index contributed by atoms with van der Waals surface area (Å²) < 4.78 is 6.78. The van der Waals surface area contributed by atoms with Crippen LogP contribution in [0.1, 0.15) is 27.2 Å². The molecule has 0 bridgehead atoms. The number of hydrogen-bond acceptors (Lipinski definition) is 6. The predicted molar refractivity (Wildman–Crippen MR) is 89.0 cm³/mol. The number of carbonyl (C=O) groups is 2. The Morgan fingerprint density at radius 2 is 2.04 bits per heavy atom. The zero-order chi connectivity index (χ0) is 18.7. The van der Waals surface area contributed by atoms with Gasteiger partial charge < -0.3 is 24.8 Å². The molecular formula is C17H17N3O6. The number of amides is 1. The number of aliphatic carboxylic acids is 1. The number of carboxylic acid groups (broad SMARTS) is 1. The minimum atomic E-state index is -1.25. The second-order valence-corrected chi connectivity index (χ2v) is 5.77. The van der Waals surface area contributed by atoms with Gasteiger partial charge in [-0.05, 0) is 17.7 Å². The van der Waals surface area contributed by atoms with Crippen molar-refractivity contribution < 1.29 is 24.5 Å². The van der Waals surface area contributed by atoms with Crippen molar-refractivity contribution in [2.24, 2.45) is 0 Å². The first-order chi connectivity index (χ1) is 12.5. The van der Waals surface area contributed by atoms with Crippen molar-refractivity contribution in [1.29, 1.82) is 0 Å². The normalized spacial score (nSPS) is 13.1. The van der Waals surface area contributed by atoms with E-state index < -0.39 is 35.3 Å². The molecule has 0 aromatic carbocycles. The molecule has 0 aliphatic carbocycles. The minimum Gasteiger partial charge on any atom is -0.507 e. The van der Waals surface area contributed by atoms with Crippen LogP contribution in [-0.4, -0.2) is 44.8 Å². The van der Waals surface area contributed by atoms with Gasteiger partial charge in [-0.15, -0.1) is 0 Å². The first kappa shape index (κ1) is 17.6. The molecule has 3 heterocycles. The molecule has 0 fully saturated rings. The largest absolute Gasteiger partial charge is 0.507 e. The maximum Gasteiger partial charge on any atom is 0.322 e. The zero-order valence-corrected chi connectivity index (χ0v) is 13.8. The fourth-order valence-electron chi connectivity index (χ4n) is 2.87. The van der Waals surface area contributed by atoms with E-state index in [9.17, 15) is 19.5 Å². The second kappa shape index (κ2) is 7.36. The summed E-state index contributed by atoms with van der Waals surface area (Å²) in [7, 11) is 0. The molecule has 0 spiro atoms. The highest BCUT2D eigenvalue weighted by atomic mass is 16.5. The number of nitrogens with zero attached hydrogens (tertiary/aromatic N) is 2. The highest BCUT2D eigenvalue weighted by molar-refractivity contribution is 5.98. The molecule has 2 aromatic heterocycles. The number of nitrogens with one attached hydrogen (secondary N) is 1. The Balaban J connectivity index is 2.10. The fourth-order valence-corrected chi connectivity index (χ4v) is 2.87. The van der Waals surface area contributed by atoms with Crippen LogP contribution in [0.25, 0.3) is 0 Å². The van der Waals surface area contributed by atoms with Crippen LogP contribution in [0.3, 0.4) is 0 Å². The van der Waals surface area contributed by atoms with Gasteiger partial charge in [0.2, 0.25) is 0 Å². The lowest BCUT2D eigenvalue weighted by Gasteiger charge is -2.24. The molecule has 3 N–H and O–H groups in total. The lowest BCUT2D eigenvalue weighted by Crippen LogP contribution is -2.38. The summed E-state index contributed by atoms with van der Waals surface area (Å²) in [5.41, 5.74) is 0.598. The van der Waals surface area contributed by atoms with Gasteiger partial charge in [-0.3, -0.25) is 19.4 Å². The molecule has 0 atom stereocenters. The van der Waals surface area contributed by atoms with Crippen LogP contribution in [0.2, 0.25) is 0 Å². The molecule has 3 rings (SSSR count). The van der Waals surface area contributed by atoms with E-state index in [4.69, 9.17) is 9.84 Å². The number of ether oxygens (including phenoxy) is 1. The van der Waals surface area contributed by atoms with Gasteiger partial charge in [-0.2, -0.15) is 0 Å². The van der Waals surface area contributed by atoms with Gasteiger partial charge in [0.25, 0.3) is 11.5 Å². The zero-order valence-electron chi connectivity index (χ0n) is 13.8. The van der Waals surface area contributed by atoms with Crippen molar-refractivity contribution in [3.8, 4) is 5.75 Å². The topological polar surface area (TPSA) is 131 Å². The first-order valence-electron chi connectivity index (χ1n) is 7.93. The Labute approximate surface area is 147 Å². The maximum atomic E-state index is 12.9. The summed E-state index contributed by atoms with van der Waals surface area (Å²) in [4.78, 5) is 39.8. The van der Waals surface area contributed by atoms with Crippen molar-refractivity contribution in [3.05, 3.63) is 57.3 Å². The molecule has 0 radical (unpaired) electrons. The van der Waals surface area contributed by atoms with E-state index in [2.05, 4.69) is 10.3 Å². The molecule has 1 amide bonds. The molecule has 0 unspecified atom stereocenters. The number of rotatable bonds is 5. The minimum absolute atomic E-state index is 0.139. The van der Waals surface area contributed by atoms with E-state index in [0.717, 1.165) is 5.56 Å². The van der Waals surface area contributed by atoms with Crippen molar-refractivity contribution >= 4 is 11.9 Å². The summed E-state index contributed by atoms with van der Waals surface area (Å²) in [6.07, 6.45) is 3.52. The summed E-state index contributed by atoms with van der Waals surface area (Å²) in [6, 6.07) is 3.47. The van der Waals surface area contributed by atoms with Gasteiger partial charge in [0.05, 0.1) is 25.5 Å². The summed E-state index contributed by atoms with van der Waals surface area (Å²) in [5.74, 6) is -2.59. The van der Waals surface area contributed by atoms with E-state index in [-0.39, 0.29) is 13.2 Å². The van der Waals surface area contributed by atoms with Crippen LogP contribution in [0.4, 0.5) is 0 Å². The third-order valence-corrected chi connectivity index (χ3v) is 4.11. The molecule has 0 saturated carbocycles. The number of carbonyl (C=O) groups excluding carboxylic acids is 1. The van der Waals surface area contributed by atoms with Crippen molar-refractivity contribution in [1.82, 2.24) is 14.9 Å². The van der Waals surface area contributed by atoms with Crippen LogP contribution in [0.5, 0.6) is 5.75 Å². The Hall–Kier alpha value is -3.20. The number of aromatic nitrogens is 2. The lowest BCUT2D eigenvalue weighted by molar-refractivity contribution is -0.135. The van der Waals surface area contributed by atoms with Crippen LogP contribution in [0, 0.1) is 0 Å². The molecule has 26 heavy (non-hydrogen) atoms. The number of pyridine rings is 2. The first-order valence-corrected chi connectivity index (χ1v) is 7.93. The molecule has 1 aliphatic rings. The maximum absolute atomic E-state index is 12.9. The van der Waals surface area contributed by atoms with Crippen molar-refractivity contribution in [2.45, 2.75) is 19.6 Å². The number of hydrogen-bond donors (Lipinski definition) is 3. The lowest BCUT2D eigenvalue weighted by atomic mass is 10.0. The monoisotopic (exact) mass is 359 g/mol. The smallest absolute Gasteiger partial charge is 0.322 e. The Kier molecular flexibility index (Phi) is 4.99. The highest BCUT2D eigenvalue weighted by Gasteiger charge is 2.27.